The van der Waals surface area contributed by atoms with E-state index < -0.39 is 0 Å². The second-order valence-electron chi connectivity index (χ2n) is 7.10. The van der Waals surface area contributed by atoms with Gasteiger partial charge in [-0.25, -0.2) is 4.98 Å². The van der Waals surface area contributed by atoms with Gasteiger partial charge in [0.15, 0.2) is 0 Å². The van der Waals surface area contributed by atoms with E-state index in [1.54, 1.807) is 0 Å². The largest absolute Gasteiger partial charge is 0.337 e. The van der Waals surface area contributed by atoms with Crippen molar-refractivity contribution in [2.24, 2.45) is 7.05 Å². The number of para-hydroxylation sites is 1. The molecule has 1 aromatic heterocycles. The van der Waals surface area contributed by atoms with Gasteiger partial charge in [0, 0.05) is 56.9 Å². The van der Waals surface area contributed by atoms with Gasteiger partial charge < -0.3 is 15.2 Å². The van der Waals surface area contributed by atoms with Crippen LogP contribution in [0.1, 0.15) is 27.8 Å². The Bertz CT molecular complexity index is 926. The molecule has 0 spiro atoms. The third-order valence-electron chi connectivity index (χ3n) is 5.14. The second-order valence-corrected chi connectivity index (χ2v) is 7.10. The molecule has 1 saturated heterocycles. The van der Waals surface area contributed by atoms with Crippen molar-refractivity contribution in [2.45, 2.75) is 12.6 Å². The van der Waals surface area contributed by atoms with Gasteiger partial charge in [0.05, 0.1) is 6.04 Å². The molecular weight excluding hydrogens is 386 g/mol. The molecule has 3 aromatic rings. The van der Waals surface area contributed by atoms with Crippen molar-refractivity contribution in [3.63, 3.8) is 0 Å². The maximum absolute atomic E-state index is 12.4. The van der Waals surface area contributed by atoms with Gasteiger partial charge in [0.1, 0.15) is 5.82 Å². The van der Waals surface area contributed by atoms with Crippen molar-refractivity contribution in [1.29, 1.82) is 0 Å². The summed E-state index contributed by atoms with van der Waals surface area (Å²) in [6.07, 6.45) is 3.84. The molecule has 7 heteroatoms. The number of amides is 1. The fraction of sp³-hybridized carbons (Fsp3) is 0.273. The number of rotatable bonds is 5. The van der Waals surface area contributed by atoms with Gasteiger partial charge in [0.25, 0.3) is 5.91 Å². The molecule has 2 heterocycles. The molecule has 0 bridgehead atoms. The molecule has 1 atom stereocenters. The average Bonchev–Trinajstić information content (AvgIpc) is 3.15. The molecule has 29 heavy (non-hydrogen) atoms. The summed E-state index contributed by atoms with van der Waals surface area (Å²) < 4.78 is 2.09. The molecule has 0 aliphatic carbocycles. The van der Waals surface area contributed by atoms with E-state index in [1.807, 2.05) is 74.0 Å². The predicted molar refractivity (Wildman–Crippen MR) is 117 cm³/mol. The van der Waals surface area contributed by atoms with Gasteiger partial charge in [0.2, 0.25) is 0 Å². The third-order valence-corrected chi connectivity index (χ3v) is 5.14. The molecule has 2 aromatic carbocycles. The number of aryl methyl sites for hydroxylation is 1. The van der Waals surface area contributed by atoms with E-state index in [-0.39, 0.29) is 24.4 Å². The van der Waals surface area contributed by atoms with E-state index in [0.29, 0.717) is 5.56 Å². The fourth-order valence-corrected chi connectivity index (χ4v) is 3.61. The molecule has 0 saturated carbocycles. The van der Waals surface area contributed by atoms with Crippen molar-refractivity contribution in [2.75, 3.05) is 25.0 Å². The van der Waals surface area contributed by atoms with Crippen molar-refractivity contribution in [1.82, 2.24) is 19.8 Å². The van der Waals surface area contributed by atoms with E-state index in [1.165, 1.54) is 5.56 Å². The minimum atomic E-state index is -0.0918. The molecule has 1 fully saturated rings. The molecule has 1 unspecified atom stereocenters. The summed E-state index contributed by atoms with van der Waals surface area (Å²) in [5.74, 6) is 0.983. The van der Waals surface area contributed by atoms with Gasteiger partial charge in [-0.05, 0) is 29.8 Å². The van der Waals surface area contributed by atoms with E-state index in [4.69, 9.17) is 0 Å². The van der Waals surface area contributed by atoms with Gasteiger partial charge >= 0.3 is 0 Å². The highest BCUT2D eigenvalue weighted by atomic mass is 35.5. The van der Waals surface area contributed by atoms with Crippen molar-refractivity contribution in [3.8, 4) is 0 Å². The Hall–Kier alpha value is -2.67. The molecule has 2 N–H and O–H groups in total. The molecule has 1 aliphatic heterocycles. The predicted octanol–water partition coefficient (Wildman–Crippen LogP) is 3.24. The van der Waals surface area contributed by atoms with Crippen LogP contribution in [0.15, 0.2) is 67.0 Å². The number of piperazine rings is 1. The van der Waals surface area contributed by atoms with Crippen LogP contribution in [0.3, 0.4) is 0 Å². The first-order valence-corrected chi connectivity index (χ1v) is 9.58. The van der Waals surface area contributed by atoms with Crippen LogP contribution in [-0.2, 0) is 13.6 Å². The monoisotopic (exact) mass is 411 g/mol. The van der Waals surface area contributed by atoms with Gasteiger partial charge in [-0.1, -0.05) is 30.3 Å². The number of hydrogen-bond donors (Lipinski definition) is 2. The molecule has 1 aliphatic rings. The molecule has 6 nitrogen and oxygen atoms in total. The number of benzene rings is 2. The van der Waals surface area contributed by atoms with Crippen LogP contribution in [0.2, 0.25) is 0 Å². The van der Waals surface area contributed by atoms with E-state index in [0.717, 1.165) is 37.7 Å². The smallest absolute Gasteiger partial charge is 0.255 e. The zero-order chi connectivity index (χ0) is 19.3. The van der Waals surface area contributed by atoms with Crippen LogP contribution in [0, 0.1) is 0 Å². The summed E-state index contributed by atoms with van der Waals surface area (Å²) in [6, 6.07) is 17.6. The fourth-order valence-electron chi connectivity index (χ4n) is 3.61. The number of aromatic nitrogens is 2. The van der Waals surface area contributed by atoms with Gasteiger partial charge in [-0.3, -0.25) is 9.69 Å². The van der Waals surface area contributed by atoms with Crippen LogP contribution in [0.5, 0.6) is 0 Å². The maximum Gasteiger partial charge on any atom is 0.255 e. The average molecular weight is 412 g/mol. The van der Waals surface area contributed by atoms with Crippen molar-refractivity contribution >= 4 is 24.0 Å². The number of halogens is 1. The van der Waals surface area contributed by atoms with Gasteiger partial charge in [-0.2, -0.15) is 0 Å². The molecular formula is C22H26ClN5O. The minimum absolute atomic E-state index is 0. The van der Waals surface area contributed by atoms with Gasteiger partial charge in [-0.15, -0.1) is 12.4 Å². The number of carbonyl (C=O) groups is 1. The Balaban J connectivity index is 0.00000240. The number of nitrogens with zero attached hydrogens (tertiary/aromatic N) is 3. The zero-order valence-electron chi connectivity index (χ0n) is 16.4. The Morgan fingerprint density at radius 2 is 1.93 bits per heavy atom. The Morgan fingerprint density at radius 3 is 2.62 bits per heavy atom. The van der Waals surface area contributed by atoms with E-state index in [9.17, 15) is 4.79 Å². The lowest BCUT2D eigenvalue weighted by Crippen LogP contribution is -2.46. The summed E-state index contributed by atoms with van der Waals surface area (Å²) in [5.41, 5.74) is 2.65. The Kier molecular flexibility index (Phi) is 7.04. The number of carbonyl (C=O) groups excluding carboxylic acids is 1. The molecule has 152 valence electrons. The highest BCUT2D eigenvalue weighted by molar-refractivity contribution is 6.04. The lowest BCUT2D eigenvalue weighted by atomic mass is 10.1. The SMILES string of the molecule is Cl.Cn1ccnc1C1CNCCN1Cc1ccc(C(=O)Nc2ccccc2)cc1. The van der Waals surface area contributed by atoms with Crippen LogP contribution in [0.4, 0.5) is 5.69 Å². The molecule has 1 amide bonds. The summed E-state index contributed by atoms with van der Waals surface area (Å²) >= 11 is 0. The number of nitrogens with one attached hydrogen (secondary N) is 2. The van der Waals surface area contributed by atoms with Crippen LogP contribution in [0.25, 0.3) is 0 Å². The molecule has 0 radical (unpaired) electrons. The van der Waals surface area contributed by atoms with Crippen LogP contribution < -0.4 is 10.6 Å². The van der Waals surface area contributed by atoms with Crippen molar-refractivity contribution in [3.05, 3.63) is 83.9 Å². The summed E-state index contributed by atoms with van der Waals surface area (Å²) in [4.78, 5) is 19.4. The summed E-state index contributed by atoms with van der Waals surface area (Å²) in [7, 11) is 2.04. The number of hydrogen-bond acceptors (Lipinski definition) is 4. The van der Waals surface area contributed by atoms with E-state index >= 15 is 0 Å². The first kappa shape index (κ1) is 21.0. The van der Waals surface area contributed by atoms with Crippen molar-refractivity contribution < 1.29 is 4.79 Å². The van der Waals surface area contributed by atoms with Crippen LogP contribution in [-0.4, -0.2) is 40.0 Å². The normalized spacial score (nSPS) is 16.8. The lowest BCUT2D eigenvalue weighted by molar-refractivity contribution is 0.102. The molecule has 4 rings (SSSR count). The lowest BCUT2D eigenvalue weighted by Gasteiger charge is -2.35. The summed E-state index contributed by atoms with van der Waals surface area (Å²) in [5, 5.41) is 6.39. The Morgan fingerprint density at radius 1 is 1.17 bits per heavy atom. The highest BCUT2D eigenvalue weighted by Crippen LogP contribution is 2.23. The maximum atomic E-state index is 12.4. The quantitative estimate of drug-likeness (QED) is 0.676. The first-order chi connectivity index (χ1) is 13.7. The first-order valence-electron chi connectivity index (χ1n) is 9.58. The highest BCUT2D eigenvalue weighted by Gasteiger charge is 2.26. The third kappa shape index (κ3) is 5.03. The number of anilines is 1. The summed E-state index contributed by atoms with van der Waals surface area (Å²) in [6.45, 7) is 3.66. The van der Waals surface area contributed by atoms with Crippen LogP contribution >= 0.6 is 12.4 Å². The minimum Gasteiger partial charge on any atom is -0.337 e. The zero-order valence-corrected chi connectivity index (χ0v) is 17.2. The van der Waals surface area contributed by atoms with E-state index in [2.05, 4.69) is 25.1 Å². The Labute approximate surface area is 177 Å². The second kappa shape index (κ2) is 9.69. The standard InChI is InChI=1S/C22H25N5O.ClH/c1-26-13-12-24-21(26)20-15-23-11-14-27(20)16-17-7-9-18(10-8-17)22(28)25-19-5-3-2-4-6-19;/h2-10,12-13,20,23H,11,14-16H2,1H3,(H,25,28);1H. The topological polar surface area (TPSA) is 62.2 Å². The number of imidazole rings is 1.